The number of halogens is 2. The van der Waals surface area contributed by atoms with Crippen LogP contribution in [0.1, 0.15) is 29.9 Å². The molecule has 0 radical (unpaired) electrons. The van der Waals surface area contributed by atoms with Gasteiger partial charge in [-0.25, -0.2) is 19.2 Å². The fourth-order valence-corrected chi connectivity index (χ4v) is 2.62. The van der Waals surface area contributed by atoms with Crippen molar-refractivity contribution in [3.63, 3.8) is 0 Å². The van der Waals surface area contributed by atoms with E-state index in [4.69, 9.17) is 16.3 Å². The highest BCUT2D eigenvalue weighted by molar-refractivity contribution is 6.30. The molecule has 2 aromatic heterocycles. The molecule has 3 aromatic rings. The number of ether oxygens (including phenoxy) is 1. The van der Waals surface area contributed by atoms with E-state index < -0.39 is 11.8 Å². The Morgan fingerprint density at radius 3 is 2.73 bits per heavy atom. The van der Waals surface area contributed by atoms with Crippen molar-refractivity contribution in [3.8, 4) is 0 Å². The van der Waals surface area contributed by atoms with Gasteiger partial charge < -0.3 is 10.1 Å². The topological polar surface area (TPSA) is 64.1 Å². The van der Waals surface area contributed by atoms with Gasteiger partial charge in [-0.2, -0.15) is 0 Å². The Hall–Kier alpha value is -2.73. The lowest BCUT2D eigenvalue weighted by Crippen LogP contribution is -2.14. The number of hydrogen-bond donors (Lipinski definition) is 1. The minimum absolute atomic E-state index is 0.182. The van der Waals surface area contributed by atoms with Gasteiger partial charge in [-0.15, -0.1) is 0 Å². The molecule has 5 nitrogen and oxygen atoms in total. The fraction of sp³-hybridized carbons (Fsp3) is 0.211. The molecule has 0 unspecified atom stereocenters. The molecule has 1 N–H and O–H groups in total. The quantitative estimate of drug-likeness (QED) is 0.649. The van der Waals surface area contributed by atoms with E-state index in [1.807, 2.05) is 6.92 Å². The first-order valence-corrected chi connectivity index (χ1v) is 8.42. The monoisotopic (exact) mass is 373 g/mol. The highest BCUT2D eigenvalue weighted by atomic mass is 35.5. The van der Waals surface area contributed by atoms with Crippen LogP contribution in [-0.4, -0.2) is 22.0 Å². The minimum atomic E-state index is -0.549. The summed E-state index contributed by atoms with van der Waals surface area (Å²) in [5.41, 5.74) is 2.00. The molecule has 0 saturated heterocycles. The smallest absolute Gasteiger partial charge is 0.342 e. The molecule has 0 aliphatic rings. The molecular weight excluding hydrogens is 357 g/mol. The Morgan fingerprint density at radius 1 is 1.27 bits per heavy atom. The average molecular weight is 374 g/mol. The van der Waals surface area contributed by atoms with E-state index in [9.17, 15) is 9.18 Å². The first kappa shape index (κ1) is 18.1. The van der Waals surface area contributed by atoms with Gasteiger partial charge >= 0.3 is 5.97 Å². The number of nitrogens with zero attached hydrogens (tertiary/aromatic N) is 2. The molecule has 0 amide bonds. The van der Waals surface area contributed by atoms with Crippen LogP contribution < -0.4 is 5.32 Å². The lowest BCUT2D eigenvalue weighted by molar-refractivity contribution is 0.0379. The molecule has 0 aliphatic carbocycles. The van der Waals surface area contributed by atoms with Crippen LogP contribution >= 0.6 is 11.6 Å². The van der Waals surface area contributed by atoms with E-state index in [1.165, 1.54) is 18.3 Å². The Kier molecular flexibility index (Phi) is 5.04. The van der Waals surface area contributed by atoms with Gasteiger partial charge in [0.1, 0.15) is 11.4 Å². The molecule has 3 rings (SSSR count). The third kappa shape index (κ3) is 3.75. The third-order valence-electron chi connectivity index (χ3n) is 3.62. The van der Waals surface area contributed by atoms with Crippen molar-refractivity contribution in [3.05, 3.63) is 58.6 Å². The number of carbonyl (C=O) groups excluding carboxylic acids is 1. The number of aryl methyl sites for hydroxylation is 1. The third-order valence-corrected chi connectivity index (χ3v) is 3.86. The summed E-state index contributed by atoms with van der Waals surface area (Å²) in [6, 6.07) is 7.84. The number of fused-ring (bicyclic) bond motifs is 1. The van der Waals surface area contributed by atoms with Crippen LogP contribution in [0.5, 0.6) is 0 Å². The summed E-state index contributed by atoms with van der Waals surface area (Å²) in [6.07, 6.45) is 1.09. The van der Waals surface area contributed by atoms with Gasteiger partial charge in [-0.05, 0) is 51.1 Å². The highest BCUT2D eigenvalue weighted by Gasteiger charge is 2.19. The van der Waals surface area contributed by atoms with E-state index in [0.29, 0.717) is 16.7 Å². The first-order chi connectivity index (χ1) is 12.3. The summed E-state index contributed by atoms with van der Waals surface area (Å²) < 4.78 is 19.5. The molecule has 0 fully saturated rings. The standard InChI is InChI=1S/C19H17ClFN3O2/c1-10(2)26-19(25)14-9-22-18-13(6-4-11(3)23-18)17(14)24-16-7-5-12(20)8-15(16)21/h4-10H,1-3H3,(H,22,23,24). The molecule has 7 heteroatoms. The summed E-state index contributed by atoms with van der Waals surface area (Å²) in [6.45, 7) is 5.35. The normalized spacial score (nSPS) is 11.0. The Balaban J connectivity index is 2.16. The van der Waals surface area contributed by atoms with Gasteiger partial charge in [0, 0.05) is 22.3 Å². The maximum Gasteiger partial charge on any atom is 0.342 e. The Bertz CT molecular complexity index is 992. The SMILES string of the molecule is Cc1ccc2c(Nc3ccc(Cl)cc3F)c(C(=O)OC(C)C)cnc2n1. The number of hydrogen-bond acceptors (Lipinski definition) is 5. The van der Waals surface area contributed by atoms with Gasteiger partial charge in [0.25, 0.3) is 0 Å². The van der Waals surface area contributed by atoms with Crippen molar-refractivity contribution in [2.24, 2.45) is 0 Å². The number of esters is 1. The molecule has 134 valence electrons. The fourth-order valence-electron chi connectivity index (χ4n) is 2.46. The number of anilines is 2. The first-order valence-electron chi connectivity index (χ1n) is 8.04. The second-order valence-corrected chi connectivity index (χ2v) is 6.51. The predicted octanol–water partition coefficient (Wildman–Crippen LogP) is 5.04. The van der Waals surface area contributed by atoms with E-state index in [0.717, 1.165) is 5.69 Å². The van der Waals surface area contributed by atoms with Crippen LogP contribution in [0.15, 0.2) is 36.5 Å². The predicted molar refractivity (Wildman–Crippen MR) is 99.5 cm³/mol. The second-order valence-electron chi connectivity index (χ2n) is 6.07. The summed E-state index contributed by atoms with van der Waals surface area (Å²) in [5, 5.41) is 3.84. The average Bonchev–Trinajstić information content (AvgIpc) is 2.56. The number of rotatable bonds is 4. The van der Waals surface area contributed by atoms with E-state index in [1.54, 1.807) is 32.0 Å². The van der Waals surface area contributed by atoms with Crippen LogP contribution in [0.4, 0.5) is 15.8 Å². The molecule has 0 spiro atoms. The van der Waals surface area contributed by atoms with Crippen molar-refractivity contribution >= 4 is 40.0 Å². The van der Waals surface area contributed by atoms with Crippen LogP contribution in [-0.2, 0) is 4.74 Å². The maximum absolute atomic E-state index is 14.2. The van der Waals surface area contributed by atoms with Crippen molar-refractivity contribution in [2.75, 3.05) is 5.32 Å². The number of carbonyl (C=O) groups is 1. The zero-order valence-corrected chi connectivity index (χ0v) is 15.3. The molecule has 26 heavy (non-hydrogen) atoms. The molecular formula is C19H17ClFN3O2. The van der Waals surface area contributed by atoms with Gasteiger partial charge in [0.15, 0.2) is 5.65 Å². The highest BCUT2D eigenvalue weighted by Crippen LogP contribution is 2.31. The minimum Gasteiger partial charge on any atom is -0.459 e. The van der Waals surface area contributed by atoms with Crippen LogP contribution in [0.25, 0.3) is 11.0 Å². The summed E-state index contributed by atoms with van der Waals surface area (Å²) in [4.78, 5) is 21.1. The molecule has 1 aromatic carbocycles. The summed E-state index contributed by atoms with van der Waals surface area (Å²) in [7, 11) is 0. The largest absolute Gasteiger partial charge is 0.459 e. The van der Waals surface area contributed by atoms with Gasteiger partial charge in [-0.3, -0.25) is 0 Å². The number of aromatic nitrogens is 2. The van der Waals surface area contributed by atoms with Crippen LogP contribution in [0.2, 0.25) is 5.02 Å². The lowest BCUT2D eigenvalue weighted by atomic mass is 10.1. The zero-order valence-electron chi connectivity index (χ0n) is 14.5. The van der Waals surface area contributed by atoms with Crippen molar-refractivity contribution in [2.45, 2.75) is 26.9 Å². The Morgan fingerprint density at radius 2 is 2.04 bits per heavy atom. The Labute approximate surface area is 155 Å². The zero-order chi connectivity index (χ0) is 18.8. The lowest BCUT2D eigenvalue weighted by Gasteiger charge is -2.16. The van der Waals surface area contributed by atoms with Crippen molar-refractivity contribution in [1.29, 1.82) is 0 Å². The van der Waals surface area contributed by atoms with E-state index in [-0.39, 0.29) is 22.4 Å². The maximum atomic E-state index is 14.2. The molecule has 2 heterocycles. The van der Waals surface area contributed by atoms with Crippen LogP contribution in [0.3, 0.4) is 0 Å². The molecule has 0 saturated carbocycles. The van der Waals surface area contributed by atoms with Gasteiger partial charge in [0.2, 0.25) is 0 Å². The van der Waals surface area contributed by atoms with Gasteiger partial charge in [0.05, 0.1) is 17.5 Å². The van der Waals surface area contributed by atoms with Crippen LogP contribution in [0, 0.1) is 12.7 Å². The van der Waals surface area contributed by atoms with E-state index in [2.05, 4.69) is 15.3 Å². The number of benzene rings is 1. The second kappa shape index (κ2) is 7.25. The number of nitrogens with one attached hydrogen (secondary N) is 1. The van der Waals surface area contributed by atoms with Gasteiger partial charge in [-0.1, -0.05) is 11.6 Å². The van der Waals surface area contributed by atoms with Crippen molar-refractivity contribution in [1.82, 2.24) is 9.97 Å². The van der Waals surface area contributed by atoms with Crippen molar-refractivity contribution < 1.29 is 13.9 Å². The number of pyridine rings is 2. The molecule has 0 aliphatic heterocycles. The molecule has 0 bridgehead atoms. The molecule has 0 atom stereocenters. The summed E-state index contributed by atoms with van der Waals surface area (Å²) >= 11 is 5.81. The summed E-state index contributed by atoms with van der Waals surface area (Å²) in [5.74, 6) is -1.09. The van der Waals surface area contributed by atoms with E-state index >= 15 is 0 Å².